The molecule has 9 rings (SSSR count). The summed E-state index contributed by atoms with van der Waals surface area (Å²) in [6.45, 7) is 0. The second kappa shape index (κ2) is 11.8. The number of fused-ring (bicyclic) bond motifs is 4. The Bertz CT molecular complexity index is 2540. The molecule has 1 aromatic heterocycles. The molecule has 0 spiro atoms. The molecule has 0 unspecified atom stereocenters. The summed E-state index contributed by atoms with van der Waals surface area (Å²) in [4.78, 5) is 2.38. The van der Waals surface area contributed by atoms with Gasteiger partial charge in [0.05, 0.1) is 5.69 Å². The first-order valence-corrected chi connectivity index (χ1v) is 16.3. The van der Waals surface area contributed by atoms with Crippen LogP contribution in [0.25, 0.3) is 66.1 Å². The zero-order valence-electron chi connectivity index (χ0n) is 26.3. The normalized spacial score (nSPS) is 11.3. The lowest BCUT2D eigenvalue weighted by atomic mass is 9.94. The number of nitrogens with zero attached hydrogens (tertiary/aromatic N) is 1. The number of hydrogen-bond donors (Lipinski definition) is 0. The topological polar surface area (TPSA) is 16.4 Å². The molecule has 9 aromatic rings. The number of rotatable bonds is 6. The third kappa shape index (κ3) is 4.92. The standard InChI is InChI=1S/C46H31NO/c1-3-12-34(13-4-1)41-28-25-36(40-20-11-15-33-14-7-8-18-39(33)40)30-44(41)47(37-16-5-2-6-17-37)38-26-22-32(23-27-38)35-24-29-43-42-19-9-10-21-45(42)48-46(43)31-35/h1-31H. The quantitative estimate of drug-likeness (QED) is 0.185. The fraction of sp³-hybridized carbons (Fsp3) is 0. The van der Waals surface area contributed by atoms with Crippen molar-refractivity contribution >= 4 is 49.8 Å². The molecule has 0 saturated carbocycles. The maximum absolute atomic E-state index is 6.21. The van der Waals surface area contributed by atoms with Gasteiger partial charge in [0.25, 0.3) is 0 Å². The van der Waals surface area contributed by atoms with Crippen molar-refractivity contribution in [3.8, 4) is 33.4 Å². The van der Waals surface area contributed by atoms with Crippen LogP contribution in [0.5, 0.6) is 0 Å². The van der Waals surface area contributed by atoms with Crippen LogP contribution in [0.1, 0.15) is 0 Å². The van der Waals surface area contributed by atoms with Crippen molar-refractivity contribution in [1.82, 2.24) is 0 Å². The van der Waals surface area contributed by atoms with E-state index in [0.717, 1.165) is 50.1 Å². The van der Waals surface area contributed by atoms with Gasteiger partial charge in [-0.3, -0.25) is 0 Å². The van der Waals surface area contributed by atoms with Gasteiger partial charge in [0.2, 0.25) is 0 Å². The fourth-order valence-electron chi connectivity index (χ4n) is 6.94. The average Bonchev–Trinajstić information content (AvgIpc) is 3.54. The lowest BCUT2D eigenvalue weighted by molar-refractivity contribution is 0.669. The minimum absolute atomic E-state index is 0.904. The molecule has 226 valence electrons. The Labute approximate surface area is 279 Å². The summed E-state index contributed by atoms with van der Waals surface area (Å²) in [5.41, 5.74) is 12.1. The SMILES string of the molecule is c1ccc(-c2ccc(-c3cccc4ccccc34)cc2N(c2ccccc2)c2ccc(-c3ccc4c(c3)oc3ccccc34)cc2)cc1. The van der Waals surface area contributed by atoms with E-state index in [-0.39, 0.29) is 0 Å². The first-order valence-electron chi connectivity index (χ1n) is 16.3. The molecule has 0 aliphatic carbocycles. The first kappa shape index (κ1) is 27.9. The van der Waals surface area contributed by atoms with E-state index in [4.69, 9.17) is 4.42 Å². The van der Waals surface area contributed by atoms with Gasteiger partial charge in [0.1, 0.15) is 11.2 Å². The van der Waals surface area contributed by atoms with Crippen LogP contribution < -0.4 is 4.90 Å². The first-order chi connectivity index (χ1) is 23.8. The van der Waals surface area contributed by atoms with Gasteiger partial charge in [0, 0.05) is 27.7 Å². The van der Waals surface area contributed by atoms with Crippen LogP contribution in [-0.4, -0.2) is 0 Å². The Morgan fingerprint density at radius 2 is 0.958 bits per heavy atom. The summed E-state index contributed by atoms with van der Waals surface area (Å²) in [5, 5.41) is 4.77. The molecule has 0 bridgehead atoms. The van der Waals surface area contributed by atoms with Gasteiger partial charge in [-0.25, -0.2) is 0 Å². The van der Waals surface area contributed by atoms with E-state index in [0.29, 0.717) is 0 Å². The number of para-hydroxylation sites is 2. The highest BCUT2D eigenvalue weighted by atomic mass is 16.3. The Morgan fingerprint density at radius 1 is 0.333 bits per heavy atom. The van der Waals surface area contributed by atoms with E-state index in [2.05, 4.69) is 181 Å². The van der Waals surface area contributed by atoms with E-state index in [1.54, 1.807) is 0 Å². The predicted molar refractivity (Wildman–Crippen MR) is 202 cm³/mol. The zero-order valence-corrected chi connectivity index (χ0v) is 26.3. The Kier molecular flexibility index (Phi) is 6.84. The summed E-state index contributed by atoms with van der Waals surface area (Å²) >= 11 is 0. The van der Waals surface area contributed by atoms with E-state index in [1.807, 2.05) is 12.1 Å². The van der Waals surface area contributed by atoms with Gasteiger partial charge < -0.3 is 9.32 Å². The minimum Gasteiger partial charge on any atom is -0.456 e. The third-order valence-corrected chi connectivity index (χ3v) is 9.28. The van der Waals surface area contributed by atoms with E-state index < -0.39 is 0 Å². The molecular formula is C46H31NO. The smallest absolute Gasteiger partial charge is 0.136 e. The van der Waals surface area contributed by atoms with Crippen molar-refractivity contribution in [1.29, 1.82) is 0 Å². The molecule has 0 fully saturated rings. The fourth-order valence-corrected chi connectivity index (χ4v) is 6.94. The Balaban J connectivity index is 1.20. The molecule has 0 atom stereocenters. The van der Waals surface area contributed by atoms with E-state index in [9.17, 15) is 0 Å². The lowest BCUT2D eigenvalue weighted by Gasteiger charge is -2.29. The third-order valence-electron chi connectivity index (χ3n) is 9.28. The molecule has 0 amide bonds. The van der Waals surface area contributed by atoms with Crippen molar-refractivity contribution in [2.24, 2.45) is 0 Å². The lowest BCUT2D eigenvalue weighted by Crippen LogP contribution is -2.11. The largest absolute Gasteiger partial charge is 0.456 e. The van der Waals surface area contributed by atoms with Crippen LogP contribution in [0.3, 0.4) is 0 Å². The van der Waals surface area contributed by atoms with Crippen molar-refractivity contribution in [2.45, 2.75) is 0 Å². The average molecular weight is 614 g/mol. The number of furan rings is 1. The van der Waals surface area contributed by atoms with E-state index >= 15 is 0 Å². The van der Waals surface area contributed by atoms with Crippen molar-refractivity contribution in [3.63, 3.8) is 0 Å². The molecule has 0 aliphatic heterocycles. The highest BCUT2D eigenvalue weighted by Crippen LogP contribution is 2.44. The summed E-state index contributed by atoms with van der Waals surface area (Å²) in [5.74, 6) is 0. The van der Waals surface area contributed by atoms with Crippen LogP contribution in [0.2, 0.25) is 0 Å². The van der Waals surface area contributed by atoms with Crippen molar-refractivity contribution < 1.29 is 4.42 Å². The second-order valence-corrected chi connectivity index (χ2v) is 12.2. The van der Waals surface area contributed by atoms with Gasteiger partial charge in [-0.1, -0.05) is 140 Å². The maximum atomic E-state index is 6.21. The van der Waals surface area contributed by atoms with Crippen LogP contribution in [0.15, 0.2) is 192 Å². The zero-order chi connectivity index (χ0) is 31.9. The van der Waals surface area contributed by atoms with Gasteiger partial charge in [-0.2, -0.15) is 0 Å². The summed E-state index contributed by atoms with van der Waals surface area (Å²) in [6, 6.07) is 67.0. The Hall–Kier alpha value is -6.38. The van der Waals surface area contributed by atoms with E-state index in [1.165, 1.54) is 33.0 Å². The minimum atomic E-state index is 0.904. The van der Waals surface area contributed by atoms with Crippen LogP contribution in [0, 0.1) is 0 Å². The molecular weight excluding hydrogens is 583 g/mol. The predicted octanol–water partition coefficient (Wildman–Crippen LogP) is 13.2. The monoisotopic (exact) mass is 613 g/mol. The molecule has 48 heavy (non-hydrogen) atoms. The van der Waals surface area contributed by atoms with Crippen molar-refractivity contribution in [2.75, 3.05) is 4.90 Å². The van der Waals surface area contributed by atoms with Gasteiger partial charge in [-0.15, -0.1) is 0 Å². The molecule has 0 radical (unpaired) electrons. The molecule has 8 aromatic carbocycles. The summed E-state index contributed by atoms with van der Waals surface area (Å²) in [7, 11) is 0. The molecule has 0 N–H and O–H groups in total. The summed E-state index contributed by atoms with van der Waals surface area (Å²) < 4.78 is 6.21. The van der Waals surface area contributed by atoms with Gasteiger partial charge in [-0.05, 0) is 87.1 Å². The second-order valence-electron chi connectivity index (χ2n) is 12.2. The Morgan fingerprint density at radius 3 is 1.79 bits per heavy atom. The number of anilines is 3. The highest BCUT2D eigenvalue weighted by molar-refractivity contribution is 6.06. The molecule has 2 heteroatoms. The summed E-state index contributed by atoms with van der Waals surface area (Å²) in [6.07, 6.45) is 0. The van der Waals surface area contributed by atoms with Crippen LogP contribution in [0.4, 0.5) is 17.1 Å². The number of benzene rings is 8. The highest BCUT2D eigenvalue weighted by Gasteiger charge is 2.19. The van der Waals surface area contributed by atoms with Gasteiger partial charge in [0.15, 0.2) is 0 Å². The van der Waals surface area contributed by atoms with Gasteiger partial charge >= 0.3 is 0 Å². The van der Waals surface area contributed by atoms with Crippen molar-refractivity contribution in [3.05, 3.63) is 188 Å². The molecule has 0 aliphatic rings. The maximum Gasteiger partial charge on any atom is 0.136 e. The van der Waals surface area contributed by atoms with Crippen LogP contribution >= 0.6 is 0 Å². The molecule has 1 heterocycles. The number of hydrogen-bond acceptors (Lipinski definition) is 2. The molecule has 0 saturated heterocycles. The molecule has 2 nitrogen and oxygen atoms in total. The van der Waals surface area contributed by atoms with Crippen LogP contribution in [-0.2, 0) is 0 Å².